The van der Waals surface area contributed by atoms with Gasteiger partial charge >= 0.3 is 0 Å². The fraction of sp³-hybridized carbons (Fsp3) is 0.333. The minimum absolute atomic E-state index is 0.0140. The number of halogens is 2. The second-order valence-corrected chi connectivity index (χ2v) is 9.40. The van der Waals surface area contributed by atoms with E-state index in [4.69, 9.17) is 0 Å². The number of benzene rings is 1. The molecule has 168 valence electrons. The Kier molecular flexibility index (Phi) is 6.56. The first kappa shape index (κ1) is 22.4. The van der Waals surface area contributed by atoms with Crippen molar-refractivity contribution < 1.29 is 18.4 Å². The van der Waals surface area contributed by atoms with Crippen molar-refractivity contribution >= 4 is 45.1 Å². The molecule has 3 aromatic rings. The Labute approximate surface area is 190 Å². The number of thiophene rings is 1. The molecule has 1 aromatic carbocycles. The number of fused-ring (bicyclic) bond motifs is 3. The molecule has 1 aliphatic rings. The van der Waals surface area contributed by atoms with Gasteiger partial charge in [0, 0.05) is 11.9 Å². The van der Waals surface area contributed by atoms with Crippen molar-refractivity contribution in [2.24, 2.45) is 0 Å². The molecular formula is C21H20F2N4O3S2. The molecule has 0 saturated carbocycles. The number of nitrogens with one attached hydrogen (secondary N) is 3. The second kappa shape index (κ2) is 9.37. The van der Waals surface area contributed by atoms with E-state index in [9.17, 15) is 23.2 Å². The van der Waals surface area contributed by atoms with Crippen molar-refractivity contribution in [3.05, 3.63) is 62.0 Å². The van der Waals surface area contributed by atoms with Crippen molar-refractivity contribution in [2.45, 2.75) is 31.1 Å². The average molecular weight is 479 g/mol. The molecule has 1 unspecified atom stereocenters. The van der Waals surface area contributed by atoms with Crippen LogP contribution in [0.4, 0.5) is 8.78 Å². The van der Waals surface area contributed by atoms with Crippen LogP contribution in [0, 0.1) is 11.6 Å². The monoisotopic (exact) mass is 478 g/mol. The summed E-state index contributed by atoms with van der Waals surface area (Å²) in [5, 5.41) is 5.61. The molecule has 0 fully saturated rings. The van der Waals surface area contributed by atoms with Gasteiger partial charge < -0.3 is 15.6 Å². The summed E-state index contributed by atoms with van der Waals surface area (Å²) in [4.78, 5) is 46.3. The van der Waals surface area contributed by atoms with Crippen LogP contribution in [0.15, 0.2) is 23.0 Å². The molecule has 32 heavy (non-hydrogen) atoms. The van der Waals surface area contributed by atoms with Crippen LogP contribution in [0.5, 0.6) is 0 Å². The molecule has 3 N–H and O–H groups in total. The number of aromatic nitrogens is 2. The number of nitrogens with zero attached hydrogens (tertiary/aromatic N) is 1. The summed E-state index contributed by atoms with van der Waals surface area (Å²) in [6.45, 7) is 0. The maximum Gasteiger partial charge on any atom is 0.259 e. The summed E-state index contributed by atoms with van der Waals surface area (Å²) in [6.07, 6.45) is 2.94. The van der Waals surface area contributed by atoms with E-state index >= 15 is 0 Å². The number of carbonyl (C=O) groups is 2. The lowest BCUT2D eigenvalue weighted by Crippen LogP contribution is -2.39. The fourth-order valence-electron chi connectivity index (χ4n) is 3.69. The first-order valence-corrected chi connectivity index (χ1v) is 11.9. The number of carbonyl (C=O) groups excluding carboxylic acids is 2. The number of aromatic amines is 1. The third-order valence-electron chi connectivity index (χ3n) is 5.19. The van der Waals surface area contributed by atoms with Crippen LogP contribution in [0.1, 0.15) is 34.3 Å². The van der Waals surface area contributed by atoms with E-state index in [1.807, 2.05) is 0 Å². The van der Waals surface area contributed by atoms with Crippen LogP contribution in [0.25, 0.3) is 10.2 Å². The standard InChI is InChI=1S/C21H20F2N4O3S2/c1-24-20(30)18(10-5-6-12(22)13(23)7-10)27-16(28)9-31-8-15-25-19(29)17-11-3-2-4-14(11)32-21(17)26-15/h5-7,18H,2-4,8-9H2,1H3,(H,24,30)(H,27,28)(H,25,26,29). The first-order valence-electron chi connectivity index (χ1n) is 9.94. The smallest absolute Gasteiger partial charge is 0.259 e. The molecule has 0 radical (unpaired) electrons. The highest BCUT2D eigenvalue weighted by molar-refractivity contribution is 7.99. The molecule has 1 aliphatic carbocycles. The third-order valence-corrected chi connectivity index (χ3v) is 7.32. The van der Waals surface area contributed by atoms with E-state index in [0.717, 1.165) is 41.8 Å². The number of amides is 2. The summed E-state index contributed by atoms with van der Waals surface area (Å²) < 4.78 is 26.8. The van der Waals surface area contributed by atoms with Crippen molar-refractivity contribution in [3.63, 3.8) is 0 Å². The molecule has 0 saturated heterocycles. The number of likely N-dealkylation sites (N-methyl/N-ethyl adjacent to an activating group) is 1. The summed E-state index contributed by atoms with van der Waals surface area (Å²) in [7, 11) is 1.38. The van der Waals surface area contributed by atoms with Gasteiger partial charge in [0.2, 0.25) is 11.8 Å². The third kappa shape index (κ3) is 4.53. The zero-order valence-electron chi connectivity index (χ0n) is 17.1. The quantitative estimate of drug-likeness (QED) is 0.484. The second-order valence-electron chi connectivity index (χ2n) is 7.33. The Balaban J connectivity index is 1.40. The van der Waals surface area contributed by atoms with Crippen LogP contribution in [0.3, 0.4) is 0 Å². The molecule has 11 heteroatoms. The van der Waals surface area contributed by atoms with Gasteiger partial charge in [-0.25, -0.2) is 13.8 Å². The van der Waals surface area contributed by atoms with E-state index in [-0.39, 0.29) is 16.9 Å². The number of aryl methyl sites for hydroxylation is 2. The minimum atomic E-state index is -1.16. The predicted molar refractivity (Wildman–Crippen MR) is 120 cm³/mol. The maximum absolute atomic E-state index is 13.6. The molecular weight excluding hydrogens is 458 g/mol. The summed E-state index contributed by atoms with van der Waals surface area (Å²) in [6, 6.07) is 1.87. The van der Waals surface area contributed by atoms with Crippen molar-refractivity contribution in [3.8, 4) is 0 Å². The SMILES string of the molecule is CNC(=O)C(NC(=O)CSCc1nc2sc3c(c2c(=O)[nH]1)CCC3)c1ccc(F)c(F)c1. The fourth-order valence-corrected chi connectivity index (χ4v) is 5.68. The van der Waals surface area contributed by atoms with Crippen molar-refractivity contribution in [2.75, 3.05) is 12.8 Å². The van der Waals surface area contributed by atoms with E-state index in [0.29, 0.717) is 17.0 Å². The number of rotatable bonds is 7. The van der Waals surface area contributed by atoms with Gasteiger partial charge in [-0.3, -0.25) is 14.4 Å². The highest BCUT2D eigenvalue weighted by atomic mass is 32.2. The van der Waals surface area contributed by atoms with Gasteiger partial charge in [0.1, 0.15) is 16.7 Å². The molecule has 0 bridgehead atoms. The van der Waals surface area contributed by atoms with Crippen molar-refractivity contribution in [1.82, 2.24) is 20.6 Å². The van der Waals surface area contributed by atoms with Crippen LogP contribution < -0.4 is 16.2 Å². The molecule has 0 spiro atoms. The zero-order chi connectivity index (χ0) is 22.8. The Morgan fingerprint density at radius 2 is 2.09 bits per heavy atom. The van der Waals surface area contributed by atoms with Gasteiger partial charge in [-0.05, 0) is 42.5 Å². The molecule has 0 aliphatic heterocycles. The lowest BCUT2D eigenvalue weighted by atomic mass is 10.1. The van der Waals surface area contributed by atoms with Gasteiger partial charge in [-0.2, -0.15) is 0 Å². The normalized spacial score (nSPS) is 13.7. The predicted octanol–water partition coefficient (Wildman–Crippen LogP) is 2.59. The van der Waals surface area contributed by atoms with Crippen LogP contribution in [-0.4, -0.2) is 34.6 Å². The Morgan fingerprint density at radius 1 is 1.28 bits per heavy atom. The topological polar surface area (TPSA) is 104 Å². The van der Waals surface area contributed by atoms with Crippen molar-refractivity contribution in [1.29, 1.82) is 0 Å². The van der Waals surface area contributed by atoms with Crippen LogP contribution in [0.2, 0.25) is 0 Å². The zero-order valence-corrected chi connectivity index (χ0v) is 18.7. The molecule has 2 amide bonds. The van der Waals surface area contributed by atoms with E-state index < -0.39 is 29.5 Å². The van der Waals surface area contributed by atoms with Crippen LogP contribution in [-0.2, 0) is 28.2 Å². The number of hydrogen-bond donors (Lipinski definition) is 3. The number of H-pyrrole nitrogens is 1. The van der Waals surface area contributed by atoms with Gasteiger partial charge in [-0.15, -0.1) is 23.1 Å². The minimum Gasteiger partial charge on any atom is -0.357 e. The first-order chi connectivity index (χ1) is 15.4. The Hall–Kier alpha value is -2.79. The van der Waals surface area contributed by atoms with Gasteiger partial charge in [0.15, 0.2) is 11.6 Å². The number of hydrogen-bond acceptors (Lipinski definition) is 6. The van der Waals surface area contributed by atoms with Gasteiger partial charge in [0.05, 0.1) is 16.9 Å². The lowest BCUT2D eigenvalue weighted by Gasteiger charge is -2.18. The van der Waals surface area contributed by atoms with E-state index in [2.05, 4.69) is 20.6 Å². The summed E-state index contributed by atoms with van der Waals surface area (Å²) >= 11 is 2.77. The summed E-state index contributed by atoms with van der Waals surface area (Å²) in [5.41, 5.74) is 1.08. The van der Waals surface area contributed by atoms with Gasteiger partial charge in [-0.1, -0.05) is 6.07 Å². The highest BCUT2D eigenvalue weighted by Gasteiger charge is 2.24. The average Bonchev–Trinajstić information content (AvgIpc) is 3.34. The highest BCUT2D eigenvalue weighted by Crippen LogP contribution is 2.34. The number of thioether (sulfide) groups is 1. The maximum atomic E-state index is 13.6. The largest absolute Gasteiger partial charge is 0.357 e. The molecule has 7 nitrogen and oxygen atoms in total. The molecule has 4 rings (SSSR count). The van der Waals surface area contributed by atoms with Gasteiger partial charge in [0.25, 0.3) is 5.56 Å². The lowest BCUT2D eigenvalue weighted by molar-refractivity contribution is -0.127. The molecule has 2 aromatic heterocycles. The Morgan fingerprint density at radius 3 is 2.84 bits per heavy atom. The van der Waals surface area contributed by atoms with E-state index in [1.165, 1.54) is 29.8 Å². The Bertz CT molecular complexity index is 1260. The molecule has 2 heterocycles. The van der Waals surface area contributed by atoms with Crippen LogP contribution >= 0.6 is 23.1 Å². The summed E-state index contributed by atoms with van der Waals surface area (Å²) in [5.74, 6) is -2.41. The molecule has 1 atom stereocenters. The van der Waals surface area contributed by atoms with E-state index in [1.54, 1.807) is 11.3 Å².